The maximum absolute atomic E-state index is 15.5. The van der Waals surface area contributed by atoms with Crippen LogP contribution in [-0.2, 0) is 18.6 Å². The van der Waals surface area contributed by atoms with E-state index in [1.54, 1.807) is 29.0 Å². The number of benzene rings is 2. The fraction of sp³-hybridized carbons (Fsp3) is 0.351. The van der Waals surface area contributed by atoms with Crippen LogP contribution in [0.5, 0.6) is 0 Å². The Morgan fingerprint density at radius 2 is 1.84 bits per heavy atom. The van der Waals surface area contributed by atoms with Crippen LogP contribution in [-0.4, -0.2) is 67.7 Å². The summed E-state index contributed by atoms with van der Waals surface area (Å²) in [4.78, 5) is 27.8. The molecule has 1 amide bonds. The maximum Gasteiger partial charge on any atom is 0.275 e. The third kappa shape index (κ3) is 6.23. The first-order valence-corrected chi connectivity index (χ1v) is 16.7. The number of carbonyl (C=O) groups is 1. The van der Waals surface area contributed by atoms with Crippen LogP contribution in [0.15, 0.2) is 67.1 Å². The lowest BCUT2D eigenvalue weighted by Gasteiger charge is -2.38. The molecule has 11 nitrogen and oxygen atoms in total. The number of hydrogen-bond donors (Lipinski definition) is 3. The SMILES string of the molecule is CC(C)N1CCN(c2ccc(Nc3cc(-c4cccc(N5NCc6cc(C(C)(C)C)cc(F)c6C5=O)c4CO)nn4ccnc34)nc2)CC1. The molecule has 49 heavy (non-hydrogen) atoms. The number of aliphatic hydroxyl groups is 1. The van der Waals surface area contributed by atoms with E-state index in [1.165, 1.54) is 11.1 Å². The first kappa shape index (κ1) is 32.6. The number of fused-ring (bicyclic) bond motifs is 2. The summed E-state index contributed by atoms with van der Waals surface area (Å²) in [5.41, 5.74) is 8.75. The number of pyridine rings is 1. The van der Waals surface area contributed by atoms with Crippen molar-refractivity contribution in [3.05, 3.63) is 95.2 Å². The third-order valence-electron chi connectivity index (χ3n) is 9.49. The van der Waals surface area contributed by atoms with Crippen molar-refractivity contribution in [2.45, 2.75) is 59.2 Å². The number of aliphatic hydroxyl groups excluding tert-OH is 1. The van der Waals surface area contributed by atoms with Gasteiger partial charge in [-0.3, -0.25) is 9.69 Å². The van der Waals surface area contributed by atoms with Crippen molar-refractivity contribution in [2.24, 2.45) is 0 Å². The number of aromatic nitrogens is 4. The van der Waals surface area contributed by atoms with Gasteiger partial charge in [-0.2, -0.15) is 5.10 Å². The molecular formula is C37H42FN9O2. The average Bonchev–Trinajstić information content (AvgIpc) is 3.57. The molecule has 0 bridgehead atoms. The Labute approximate surface area is 285 Å². The van der Waals surface area contributed by atoms with Crippen molar-refractivity contribution in [1.29, 1.82) is 0 Å². The summed E-state index contributed by atoms with van der Waals surface area (Å²) in [6.45, 7) is 14.3. The van der Waals surface area contributed by atoms with Crippen molar-refractivity contribution in [1.82, 2.24) is 29.9 Å². The van der Waals surface area contributed by atoms with Gasteiger partial charge >= 0.3 is 0 Å². The molecule has 0 radical (unpaired) electrons. The number of piperazine rings is 1. The number of anilines is 4. The molecule has 0 aliphatic carbocycles. The third-order valence-corrected chi connectivity index (χ3v) is 9.49. The molecule has 2 aliphatic rings. The van der Waals surface area contributed by atoms with E-state index < -0.39 is 11.7 Å². The molecule has 5 aromatic rings. The van der Waals surface area contributed by atoms with Crippen molar-refractivity contribution >= 4 is 34.4 Å². The zero-order valence-electron chi connectivity index (χ0n) is 28.5. The Morgan fingerprint density at radius 3 is 2.53 bits per heavy atom. The van der Waals surface area contributed by atoms with Gasteiger partial charge in [-0.1, -0.05) is 39.0 Å². The fourth-order valence-electron chi connectivity index (χ4n) is 6.63. The maximum atomic E-state index is 15.5. The minimum absolute atomic E-state index is 0.0295. The second-order valence-electron chi connectivity index (χ2n) is 14.0. The standard InChI is InChI=1S/C37H42FN9O2/c1-23(2)44-13-15-45(16-14-44)26-9-10-33(40-21-26)42-31-19-30(43-46-12-11-39-35(31)46)27-7-6-8-32(28(27)22-48)47-36(49)34-24(20-41-47)17-25(18-29(34)38)37(3,4)5/h6-12,17-19,21,23,41,48H,13-16,20,22H2,1-5H3,(H,40,42). The monoisotopic (exact) mass is 663 g/mol. The molecule has 0 atom stereocenters. The molecule has 2 aromatic carbocycles. The average molecular weight is 664 g/mol. The summed E-state index contributed by atoms with van der Waals surface area (Å²) in [5.74, 6) is -0.428. The number of rotatable bonds is 7. The fourth-order valence-corrected chi connectivity index (χ4v) is 6.63. The van der Waals surface area contributed by atoms with Crippen molar-refractivity contribution < 1.29 is 14.3 Å². The zero-order valence-corrected chi connectivity index (χ0v) is 28.5. The van der Waals surface area contributed by atoms with Gasteiger partial charge in [0, 0.05) is 62.3 Å². The summed E-state index contributed by atoms with van der Waals surface area (Å²) in [6.07, 6.45) is 5.31. The summed E-state index contributed by atoms with van der Waals surface area (Å²) in [7, 11) is 0. The van der Waals surface area contributed by atoms with Gasteiger partial charge in [-0.25, -0.2) is 29.3 Å². The number of halogens is 1. The minimum atomic E-state index is -0.557. The highest BCUT2D eigenvalue weighted by Gasteiger charge is 2.32. The molecule has 254 valence electrons. The van der Waals surface area contributed by atoms with E-state index in [9.17, 15) is 9.90 Å². The van der Waals surface area contributed by atoms with E-state index in [0.29, 0.717) is 51.3 Å². The van der Waals surface area contributed by atoms with Gasteiger partial charge in [-0.05, 0) is 60.7 Å². The number of hydrazine groups is 1. The molecule has 1 saturated heterocycles. The Morgan fingerprint density at radius 1 is 1.04 bits per heavy atom. The number of hydrogen-bond acceptors (Lipinski definition) is 9. The molecule has 2 aliphatic heterocycles. The highest BCUT2D eigenvalue weighted by atomic mass is 19.1. The molecule has 12 heteroatoms. The molecule has 0 unspecified atom stereocenters. The Balaban J connectivity index is 1.18. The summed E-state index contributed by atoms with van der Waals surface area (Å²) < 4.78 is 17.1. The van der Waals surface area contributed by atoms with Crippen LogP contribution in [0.2, 0.25) is 0 Å². The molecule has 0 spiro atoms. The smallest absolute Gasteiger partial charge is 0.275 e. The minimum Gasteiger partial charge on any atom is -0.392 e. The molecule has 5 heterocycles. The van der Waals surface area contributed by atoms with Crippen LogP contribution in [0.3, 0.4) is 0 Å². The number of amides is 1. The van der Waals surface area contributed by atoms with Crippen LogP contribution in [0.25, 0.3) is 16.9 Å². The van der Waals surface area contributed by atoms with Gasteiger partial charge < -0.3 is 15.3 Å². The van der Waals surface area contributed by atoms with Crippen LogP contribution >= 0.6 is 0 Å². The van der Waals surface area contributed by atoms with E-state index in [0.717, 1.165) is 37.4 Å². The second-order valence-corrected chi connectivity index (χ2v) is 14.0. The van der Waals surface area contributed by atoms with Crippen LogP contribution in [0.1, 0.15) is 61.7 Å². The van der Waals surface area contributed by atoms with Crippen LogP contribution in [0.4, 0.5) is 27.3 Å². The number of carbonyl (C=O) groups excluding carboxylic acids is 1. The summed E-state index contributed by atoms with van der Waals surface area (Å²) >= 11 is 0. The van der Waals surface area contributed by atoms with Gasteiger partial charge in [0.05, 0.1) is 41.1 Å². The lowest BCUT2D eigenvalue weighted by Crippen LogP contribution is -2.48. The topological polar surface area (TPSA) is 114 Å². The van der Waals surface area contributed by atoms with Crippen molar-refractivity contribution in [3.63, 3.8) is 0 Å². The molecule has 3 N–H and O–H groups in total. The predicted molar refractivity (Wildman–Crippen MR) is 190 cm³/mol. The molecule has 7 rings (SSSR count). The Kier molecular flexibility index (Phi) is 8.55. The highest BCUT2D eigenvalue weighted by Crippen LogP contribution is 2.36. The number of nitrogens with one attached hydrogen (secondary N) is 2. The van der Waals surface area contributed by atoms with Gasteiger partial charge in [0.15, 0.2) is 5.65 Å². The highest BCUT2D eigenvalue weighted by molar-refractivity contribution is 6.08. The first-order valence-electron chi connectivity index (χ1n) is 16.7. The quantitative estimate of drug-likeness (QED) is 0.203. The van der Waals surface area contributed by atoms with Gasteiger partial charge in [-0.15, -0.1) is 0 Å². The summed E-state index contributed by atoms with van der Waals surface area (Å²) in [6, 6.07) is 15.1. The van der Waals surface area contributed by atoms with Crippen LogP contribution < -0.4 is 20.7 Å². The van der Waals surface area contributed by atoms with Crippen molar-refractivity contribution in [3.8, 4) is 11.3 Å². The van der Waals surface area contributed by atoms with Gasteiger partial charge in [0.2, 0.25) is 0 Å². The molecular weight excluding hydrogens is 621 g/mol. The van der Waals surface area contributed by atoms with E-state index in [4.69, 9.17) is 10.1 Å². The Hall–Kier alpha value is -4.91. The van der Waals surface area contributed by atoms with Crippen LogP contribution in [0, 0.1) is 5.82 Å². The number of nitrogens with zero attached hydrogens (tertiary/aromatic N) is 7. The first-order chi connectivity index (χ1) is 23.5. The predicted octanol–water partition coefficient (Wildman–Crippen LogP) is 5.66. The van der Waals surface area contributed by atoms with Crippen molar-refractivity contribution in [2.75, 3.05) is 41.4 Å². The lowest BCUT2D eigenvalue weighted by atomic mass is 9.84. The largest absolute Gasteiger partial charge is 0.392 e. The molecule has 1 fully saturated rings. The van der Waals surface area contributed by atoms with E-state index in [1.807, 2.05) is 51.2 Å². The zero-order chi connectivity index (χ0) is 34.4. The Bertz CT molecular complexity index is 2010. The van der Waals surface area contributed by atoms with Gasteiger partial charge in [0.25, 0.3) is 5.91 Å². The van der Waals surface area contributed by atoms with E-state index in [-0.39, 0.29) is 24.1 Å². The molecule has 0 saturated carbocycles. The van der Waals surface area contributed by atoms with E-state index in [2.05, 4.69) is 45.4 Å². The lowest BCUT2D eigenvalue weighted by molar-refractivity contribution is 0.0958. The van der Waals surface area contributed by atoms with Gasteiger partial charge in [0.1, 0.15) is 11.6 Å². The summed E-state index contributed by atoms with van der Waals surface area (Å²) in [5, 5.41) is 20.2. The van der Waals surface area contributed by atoms with E-state index >= 15 is 4.39 Å². The number of imidazole rings is 1. The molecule has 3 aromatic heterocycles. The normalized spacial score (nSPS) is 15.7. The second kappa shape index (κ2) is 12.8.